The number of hydrogen-bond donors (Lipinski definition) is 0. The lowest BCUT2D eigenvalue weighted by molar-refractivity contribution is 0.0896. The molecule has 166 valence electrons. The van der Waals surface area contributed by atoms with Crippen molar-refractivity contribution in [2.24, 2.45) is 0 Å². The van der Waals surface area contributed by atoms with Gasteiger partial charge in [0, 0.05) is 12.0 Å². The summed E-state index contributed by atoms with van der Waals surface area (Å²) in [7, 11) is 1.63. The second kappa shape index (κ2) is 8.80. The van der Waals surface area contributed by atoms with Crippen molar-refractivity contribution in [1.82, 2.24) is 4.98 Å². The van der Waals surface area contributed by atoms with Gasteiger partial charge in [-0.15, -0.1) is 0 Å². The number of hydrogen-bond acceptors (Lipinski definition) is 7. The number of fused-ring (bicyclic) bond motifs is 2. The molecule has 2 aromatic carbocycles. The third kappa shape index (κ3) is 3.91. The van der Waals surface area contributed by atoms with E-state index in [4.69, 9.17) is 23.6 Å². The summed E-state index contributed by atoms with van der Waals surface area (Å²) in [5, 5.41) is 1.43. The Bertz CT molecular complexity index is 1260. The first-order chi connectivity index (χ1) is 15.7. The maximum atomic E-state index is 13.6. The van der Waals surface area contributed by atoms with Crippen molar-refractivity contribution in [1.29, 1.82) is 0 Å². The summed E-state index contributed by atoms with van der Waals surface area (Å²) in [5.41, 5.74) is 1.39. The Morgan fingerprint density at radius 1 is 1.28 bits per heavy atom. The number of carbonyl (C=O) groups excluding carboxylic acids is 1. The van der Waals surface area contributed by atoms with Gasteiger partial charge in [0.2, 0.25) is 0 Å². The molecule has 1 saturated heterocycles. The predicted molar refractivity (Wildman–Crippen MR) is 124 cm³/mol. The van der Waals surface area contributed by atoms with E-state index in [1.807, 2.05) is 43.3 Å². The second-order valence-electron chi connectivity index (χ2n) is 7.60. The zero-order valence-corrected chi connectivity index (χ0v) is 18.8. The smallest absolute Gasteiger partial charge is 0.295 e. The fraction of sp³-hybridized carbons (Fsp3) is 0.333. The number of nitrogens with zero attached hydrogens (tertiary/aromatic N) is 2. The molecule has 0 N–H and O–H groups in total. The van der Waals surface area contributed by atoms with Gasteiger partial charge in [-0.25, -0.2) is 4.98 Å². The minimum atomic E-state index is -0.245. The number of para-hydroxylation sites is 1. The van der Waals surface area contributed by atoms with Gasteiger partial charge in [0.05, 0.1) is 36.6 Å². The van der Waals surface area contributed by atoms with Crippen LogP contribution >= 0.6 is 11.3 Å². The molecule has 0 spiro atoms. The summed E-state index contributed by atoms with van der Waals surface area (Å²) >= 11 is 1.45. The number of benzene rings is 2. The van der Waals surface area contributed by atoms with Gasteiger partial charge in [-0.05, 0) is 50.1 Å². The van der Waals surface area contributed by atoms with E-state index in [9.17, 15) is 4.79 Å². The van der Waals surface area contributed by atoms with Crippen molar-refractivity contribution in [3.63, 3.8) is 0 Å². The van der Waals surface area contributed by atoms with E-state index >= 15 is 0 Å². The lowest BCUT2D eigenvalue weighted by Gasteiger charge is -2.22. The number of aromatic nitrogens is 1. The molecule has 4 aromatic rings. The Morgan fingerprint density at radius 2 is 2.19 bits per heavy atom. The molecular weight excluding hydrogens is 428 g/mol. The summed E-state index contributed by atoms with van der Waals surface area (Å²) in [4.78, 5) is 20.0. The van der Waals surface area contributed by atoms with Crippen LogP contribution in [0.1, 0.15) is 30.3 Å². The fourth-order valence-electron chi connectivity index (χ4n) is 3.92. The van der Waals surface area contributed by atoms with E-state index < -0.39 is 0 Å². The largest absolute Gasteiger partial charge is 0.497 e. The van der Waals surface area contributed by atoms with Crippen LogP contribution in [0.25, 0.3) is 21.2 Å². The molecule has 1 aliphatic heterocycles. The number of furan rings is 1. The minimum Gasteiger partial charge on any atom is -0.497 e. The van der Waals surface area contributed by atoms with Crippen molar-refractivity contribution in [3.8, 4) is 11.5 Å². The first-order valence-corrected chi connectivity index (χ1v) is 11.5. The fourth-order valence-corrected chi connectivity index (χ4v) is 4.92. The van der Waals surface area contributed by atoms with Gasteiger partial charge in [-0.2, -0.15) is 0 Å². The Kier molecular flexibility index (Phi) is 5.71. The Balaban J connectivity index is 1.53. The normalized spacial score (nSPS) is 16.0. The highest BCUT2D eigenvalue weighted by atomic mass is 32.1. The van der Waals surface area contributed by atoms with Crippen LogP contribution in [-0.4, -0.2) is 43.9 Å². The number of amides is 1. The number of rotatable bonds is 7. The standard InChI is InChI=1S/C24H24N2O5S/c1-3-29-19-8-4-6-15-12-20(31-22(15)19)23(27)26(14-17-7-5-11-30-17)24-25-18-10-9-16(28-2)13-21(18)32-24/h4,6,8-10,12-13,17H,3,5,7,11,14H2,1-2H3. The van der Waals surface area contributed by atoms with Gasteiger partial charge in [0.25, 0.3) is 5.91 Å². The van der Waals surface area contributed by atoms with Crippen LogP contribution in [0, 0.1) is 0 Å². The number of anilines is 1. The van der Waals surface area contributed by atoms with E-state index in [0.717, 1.165) is 34.2 Å². The molecule has 0 aliphatic carbocycles. The summed E-state index contributed by atoms with van der Waals surface area (Å²) < 4.78 is 23.8. The zero-order valence-electron chi connectivity index (χ0n) is 18.0. The molecule has 1 fully saturated rings. The maximum Gasteiger partial charge on any atom is 0.295 e. The van der Waals surface area contributed by atoms with E-state index in [0.29, 0.717) is 36.2 Å². The number of carbonyl (C=O) groups is 1. The monoisotopic (exact) mass is 452 g/mol. The van der Waals surface area contributed by atoms with Crippen LogP contribution in [0.3, 0.4) is 0 Å². The summed E-state index contributed by atoms with van der Waals surface area (Å²) in [6.45, 7) is 3.57. The molecule has 1 amide bonds. The molecule has 2 aromatic heterocycles. The predicted octanol–water partition coefficient (Wildman–Crippen LogP) is 5.28. The molecular formula is C24H24N2O5S. The zero-order chi connectivity index (χ0) is 22.1. The first-order valence-electron chi connectivity index (χ1n) is 10.7. The van der Waals surface area contributed by atoms with E-state index in [1.165, 1.54) is 11.3 Å². The van der Waals surface area contributed by atoms with Gasteiger partial charge in [0.1, 0.15) is 5.75 Å². The van der Waals surface area contributed by atoms with Crippen molar-refractivity contribution in [2.75, 3.05) is 31.8 Å². The van der Waals surface area contributed by atoms with Gasteiger partial charge in [0.15, 0.2) is 22.2 Å². The number of methoxy groups -OCH3 is 1. The maximum absolute atomic E-state index is 13.6. The summed E-state index contributed by atoms with van der Waals surface area (Å²) in [5.74, 6) is 1.39. The average molecular weight is 453 g/mol. The lowest BCUT2D eigenvalue weighted by atomic mass is 10.2. The molecule has 0 radical (unpaired) electrons. The van der Waals surface area contributed by atoms with Crippen molar-refractivity contribution in [3.05, 3.63) is 48.2 Å². The van der Waals surface area contributed by atoms with Gasteiger partial charge in [-0.1, -0.05) is 23.5 Å². The van der Waals surface area contributed by atoms with Gasteiger partial charge < -0.3 is 18.6 Å². The van der Waals surface area contributed by atoms with Crippen LogP contribution in [0.4, 0.5) is 5.13 Å². The molecule has 1 atom stereocenters. The molecule has 8 heteroatoms. The van der Waals surface area contributed by atoms with E-state index in [2.05, 4.69) is 0 Å². The number of thiazole rings is 1. The van der Waals surface area contributed by atoms with Crippen LogP contribution in [0.2, 0.25) is 0 Å². The third-order valence-corrected chi connectivity index (χ3v) is 6.53. The van der Waals surface area contributed by atoms with E-state index in [1.54, 1.807) is 18.1 Å². The minimum absolute atomic E-state index is 0.0242. The molecule has 0 bridgehead atoms. The summed E-state index contributed by atoms with van der Waals surface area (Å²) in [6.07, 6.45) is 1.88. The Hall–Kier alpha value is -3.10. The van der Waals surface area contributed by atoms with Crippen molar-refractivity contribution < 1.29 is 23.4 Å². The summed E-state index contributed by atoms with van der Waals surface area (Å²) in [6, 6.07) is 13.1. The highest BCUT2D eigenvalue weighted by Gasteiger charge is 2.29. The topological polar surface area (TPSA) is 74.0 Å². The van der Waals surface area contributed by atoms with Crippen molar-refractivity contribution >= 4 is 43.6 Å². The molecule has 32 heavy (non-hydrogen) atoms. The number of ether oxygens (including phenoxy) is 3. The van der Waals surface area contributed by atoms with Crippen LogP contribution in [0.15, 0.2) is 46.9 Å². The molecule has 5 rings (SSSR count). The van der Waals surface area contributed by atoms with Crippen LogP contribution in [0.5, 0.6) is 11.5 Å². The lowest BCUT2D eigenvalue weighted by Crippen LogP contribution is -2.37. The van der Waals surface area contributed by atoms with Crippen LogP contribution < -0.4 is 14.4 Å². The van der Waals surface area contributed by atoms with Gasteiger partial charge >= 0.3 is 0 Å². The molecule has 1 aliphatic rings. The highest BCUT2D eigenvalue weighted by Crippen LogP contribution is 2.34. The molecule has 1 unspecified atom stereocenters. The first kappa shape index (κ1) is 20.8. The molecule has 7 nitrogen and oxygen atoms in total. The van der Waals surface area contributed by atoms with Gasteiger partial charge in [-0.3, -0.25) is 9.69 Å². The SMILES string of the molecule is CCOc1cccc2cc(C(=O)N(CC3CCCO3)c3nc4ccc(OC)cc4s3)oc12. The van der Waals surface area contributed by atoms with Crippen molar-refractivity contribution in [2.45, 2.75) is 25.9 Å². The molecule has 0 saturated carbocycles. The third-order valence-electron chi connectivity index (χ3n) is 5.49. The highest BCUT2D eigenvalue weighted by molar-refractivity contribution is 7.22. The van der Waals surface area contributed by atoms with Crippen LogP contribution in [-0.2, 0) is 4.74 Å². The second-order valence-corrected chi connectivity index (χ2v) is 8.61. The Morgan fingerprint density at radius 3 is 2.97 bits per heavy atom. The quantitative estimate of drug-likeness (QED) is 0.380. The molecule has 3 heterocycles. The Labute approximate surface area is 189 Å². The van der Waals surface area contributed by atoms with E-state index in [-0.39, 0.29) is 17.8 Å². The average Bonchev–Trinajstić information content (AvgIpc) is 3.56.